The summed E-state index contributed by atoms with van der Waals surface area (Å²) in [5.41, 5.74) is 1.18. The number of carbonyl (C=O) groups excluding carboxylic acids is 2. The van der Waals surface area contributed by atoms with Crippen LogP contribution in [-0.4, -0.2) is 57.4 Å². The molecule has 1 aliphatic heterocycles. The van der Waals surface area contributed by atoms with Gasteiger partial charge in [0.05, 0.1) is 25.2 Å². The normalized spacial score (nSPS) is 20.3. The van der Waals surface area contributed by atoms with Gasteiger partial charge in [0.2, 0.25) is 0 Å². The Balaban J connectivity index is 1.93. The van der Waals surface area contributed by atoms with Crippen LogP contribution in [0.3, 0.4) is 0 Å². The Kier molecular flexibility index (Phi) is 7.86. The molecule has 2 unspecified atom stereocenters. The first-order valence-corrected chi connectivity index (χ1v) is 13.4. The summed E-state index contributed by atoms with van der Waals surface area (Å²) in [6, 6.07) is 10.7. The molecular formula is C20H32N2O4Si. The molecule has 1 saturated heterocycles. The predicted octanol–water partition coefficient (Wildman–Crippen LogP) is 3.11. The van der Waals surface area contributed by atoms with E-state index in [4.69, 9.17) is 9.47 Å². The molecule has 1 aromatic rings. The minimum Gasteiger partial charge on any atom is -0.466 e. The molecule has 1 heterocycles. The Hall–Kier alpha value is -1.86. The smallest absolute Gasteiger partial charge is 0.407 e. The fraction of sp³-hybridized carbons (Fsp3) is 0.600. The standard InChI is InChI=1S/C20H32N2O4Si/c1-5-25-19(23)17-14-22(13-16-9-7-6-8-10-16)15-18(17)21-20(24)26-11-12-27(2,3)4/h6-10,17-18H,5,11-15H2,1-4H3,(H,21,24). The molecule has 1 fully saturated rings. The van der Waals surface area contributed by atoms with Gasteiger partial charge in [-0.3, -0.25) is 9.69 Å². The molecule has 150 valence electrons. The summed E-state index contributed by atoms with van der Waals surface area (Å²) in [7, 11) is -1.25. The molecule has 7 heteroatoms. The van der Waals surface area contributed by atoms with Crippen molar-refractivity contribution in [3.63, 3.8) is 0 Å². The van der Waals surface area contributed by atoms with Gasteiger partial charge in [-0.15, -0.1) is 0 Å². The summed E-state index contributed by atoms with van der Waals surface area (Å²) in [5, 5.41) is 2.88. The fourth-order valence-corrected chi connectivity index (χ4v) is 3.85. The maximum atomic E-state index is 12.3. The number of amides is 1. The maximum Gasteiger partial charge on any atom is 0.407 e. The van der Waals surface area contributed by atoms with E-state index in [1.165, 1.54) is 5.56 Å². The van der Waals surface area contributed by atoms with E-state index in [0.29, 0.717) is 26.3 Å². The van der Waals surface area contributed by atoms with Crippen LogP contribution in [0.5, 0.6) is 0 Å². The lowest BCUT2D eigenvalue weighted by Gasteiger charge is -2.20. The summed E-state index contributed by atoms with van der Waals surface area (Å²) in [5.74, 6) is -0.640. The zero-order valence-electron chi connectivity index (χ0n) is 16.9. The second kappa shape index (κ2) is 9.89. The Labute approximate surface area is 163 Å². The minimum absolute atomic E-state index is 0.263. The van der Waals surface area contributed by atoms with Crippen LogP contribution in [0.4, 0.5) is 4.79 Å². The number of ether oxygens (including phenoxy) is 2. The zero-order chi connectivity index (χ0) is 19.9. The highest BCUT2D eigenvalue weighted by molar-refractivity contribution is 6.76. The van der Waals surface area contributed by atoms with E-state index in [0.717, 1.165) is 12.6 Å². The highest BCUT2D eigenvalue weighted by Crippen LogP contribution is 2.21. The summed E-state index contributed by atoms with van der Waals surface area (Å²) < 4.78 is 10.5. The maximum absolute atomic E-state index is 12.3. The lowest BCUT2D eigenvalue weighted by atomic mass is 10.0. The highest BCUT2D eigenvalue weighted by atomic mass is 28.3. The van der Waals surface area contributed by atoms with Crippen LogP contribution in [0.1, 0.15) is 12.5 Å². The molecule has 2 rings (SSSR count). The molecule has 1 aliphatic rings. The van der Waals surface area contributed by atoms with Gasteiger partial charge < -0.3 is 14.8 Å². The molecule has 0 saturated carbocycles. The average Bonchev–Trinajstić information content (AvgIpc) is 2.97. The van der Waals surface area contributed by atoms with Gasteiger partial charge in [-0.05, 0) is 18.5 Å². The Morgan fingerprint density at radius 1 is 1.15 bits per heavy atom. The van der Waals surface area contributed by atoms with Crippen LogP contribution in [0.2, 0.25) is 25.7 Å². The molecular weight excluding hydrogens is 360 g/mol. The van der Waals surface area contributed by atoms with Gasteiger partial charge in [0.1, 0.15) is 0 Å². The number of rotatable bonds is 8. The number of esters is 1. The third-order valence-corrected chi connectivity index (χ3v) is 6.33. The van der Waals surface area contributed by atoms with E-state index < -0.39 is 14.2 Å². The number of likely N-dealkylation sites (tertiary alicyclic amines) is 1. The number of nitrogens with one attached hydrogen (secondary N) is 1. The van der Waals surface area contributed by atoms with Gasteiger partial charge >= 0.3 is 12.1 Å². The summed E-state index contributed by atoms with van der Waals surface area (Å²) in [4.78, 5) is 26.7. The van der Waals surface area contributed by atoms with Crippen LogP contribution in [0, 0.1) is 5.92 Å². The average molecular weight is 393 g/mol. The van der Waals surface area contributed by atoms with Gasteiger partial charge in [-0.1, -0.05) is 50.0 Å². The molecule has 0 spiro atoms. The number of alkyl carbamates (subject to hydrolysis) is 1. The van der Waals surface area contributed by atoms with Crippen LogP contribution < -0.4 is 5.32 Å². The van der Waals surface area contributed by atoms with E-state index in [9.17, 15) is 9.59 Å². The quantitative estimate of drug-likeness (QED) is 0.544. The summed E-state index contributed by atoms with van der Waals surface area (Å²) in [6.45, 7) is 11.2. The van der Waals surface area contributed by atoms with Crippen molar-refractivity contribution in [2.75, 3.05) is 26.3 Å². The van der Waals surface area contributed by atoms with Crippen molar-refractivity contribution in [2.24, 2.45) is 5.92 Å². The summed E-state index contributed by atoms with van der Waals surface area (Å²) >= 11 is 0. The van der Waals surface area contributed by atoms with Crippen molar-refractivity contribution in [3.05, 3.63) is 35.9 Å². The van der Waals surface area contributed by atoms with E-state index in [-0.39, 0.29) is 17.9 Å². The van der Waals surface area contributed by atoms with E-state index in [1.54, 1.807) is 6.92 Å². The van der Waals surface area contributed by atoms with Gasteiger partial charge in [0, 0.05) is 27.7 Å². The van der Waals surface area contributed by atoms with Gasteiger partial charge in [-0.2, -0.15) is 0 Å². The van der Waals surface area contributed by atoms with E-state index >= 15 is 0 Å². The molecule has 1 N–H and O–H groups in total. The third-order valence-electron chi connectivity index (χ3n) is 4.62. The monoisotopic (exact) mass is 392 g/mol. The van der Waals surface area contributed by atoms with Crippen LogP contribution >= 0.6 is 0 Å². The van der Waals surface area contributed by atoms with Crippen molar-refractivity contribution in [1.29, 1.82) is 0 Å². The second-order valence-electron chi connectivity index (χ2n) is 8.24. The van der Waals surface area contributed by atoms with Crippen molar-refractivity contribution in [2.45, 2.75) is 45.2 Å². The van der Waals surface area contributed by atoms with Gasteiger partial charge in [-0.25, -0.2) is 4.79 Å². The van der Waals surface area contributed by atoms with Crippen molar-refractivity contribution in [3.8, 4) is 0 Å². The molecule has 1 aromatic carbocycles. The van der Waals surface area contributed by atoms with E-state index in [2.05, 4.69) is 42.0 Å². The van der Waals surface area contributed by atoms with Crippen LogP contribution in [0.25, 0.3) is 0 Å². The molecule has 6 nitrogen and oxygen atoms in total. The Morgan fingerprint density at radius 3 is 2.48 bits per heavy atom. The number of hydrogen-bond acceptors (Lipinski definition) is 5. The lowest BCUT2D eigenvalue weighted by Crippen LogP contribution is -2.44. The number of hydrogen-bond donors (Lipinski definition) is 1. The van der Waals surface area contributed by atoms with Gasteiger partial charge in [0.25, 0.3) is 0 Å². The highest BCUT2D eigenvalue weighted by Gasteiger charge is 2.39. The SMILES string of the molecule is CCOC(=O)C1CN(Cc2ccccc2)CC1NC(=O)OCC[Si](C)(C)C. The molecule has 1 amide bonds. The Bertz CT molecular complexity index is 618. The number of carbonyl (C=O) groups is 2. The zero-order valence-corrected chi connectivity index (χ0v) is 17.9. The lowest BCUT2D eigenvalue weighted by molar-refractivity contribution is -0.148. The second-order valence-corrected chi connectivity index (χ2v) is 13.9. The number of benzene rings is 1. The third kappa shape index (κ3) is 7.34. The first-order valence-electron chi connectivity index (χ1n) is 9.64. The van der Waals surface area contributed by atoms with Crippen LogP contribution in [0.15, 0.2) is 30.3 Å². The van der Waals surface area contributed by atoms with E-state index in [1.807, 2.05) is 18.2 Å². The largest absolute Gasteiger partial charge is 0.466 e. The minimum atomic E-state index is -1.25. The first-order chi connectivity index (χ1) is 12.8. The van der Waals surface area contributed by atoms with Gasteiger partial charge in [0.15, 0.2) is 0 Å². The Morgan fingerprint density at radius 2 is 1.85 bits per heavy atom. The molecule has 0 radical (unpaired) electrons. The molecule has 2 atom stereocenters. The predicted molar refractivity (Wildman–Crippen MR) is 108 cm³/mol. The topological polar surface area (TPSA) is 67.9 Å². The summed E-state index contributed by atoms with van der Waals surface area (Å²) in [6.07, 6.45) is -0.450. The molecule has 27 heavy (non-hydrogen) atoms. The molecule has 0 bridgehead atoms. The van der Waals surface area contributed by atoms with Crippen molar-refractivity contribution >= 4 is 20.1 Å². The van der Waals surface area contributed by atoms with Crippen LogP contribution in [-0.2, 0) is 20.8 Å². The molecule has 0 aliphatic carbocycles. The first kappa shape index (κ1) is 21.4. The van der Waals surface area contributed by atoms with Crippen molar-refractivity contribution in [1.82, 2.24) is 10.2 Å². The molecule has 0 aromatic heterocycles. The fourth-order valence-electron chi connectivity index (χ4n) is 3.13. The number of nitrogens with zero attached hydrogens (tertiary/aromatic N) is 1. The van der Waals surface area contributed by atoms with Crippen molar-refractivity contribution < 1.29 is 19.1 Å².